The zero-order valence-corrected chi connectivity index (χ0v) is 28.6. The van der Waals surface area contributed by atoms with Crippen molar-refractivity contribution >= 4 is 58.2 Å². The number of nitriles is 4. The van der Waals surface area contributed by atoms with Gasteiger partial charge in [-0.2, -0.15) is 21.0 Å². The Morgan fingerprint density at radius 3 is 1.07 bits per heavy atom. The van der Waals surface area contributed by atoms with Crippen molar-refractivity contribution in [2.45, 2.75) is 39.5 Å². The number of hydrogen-bond acceptors (Lipinski definition) is 8. The van der Waals surface area contributed by atoms with Crippen LogP contribution in [0.4, 0.5) is 0 Å². The molecule has 2 rings (SSSR count). The monoisotopic (exact) mass is 628 g/mol. The van der Waals surface area contributed by atoms with Gasteiger partial charge in [0.05, 0.1) is 0 Å². The first-order valence-corrected chi connectivity index (χ1v) is 17.9. The molecule has 8 heteroatoms. The van der Waals surface area contributed by atoms with Crippen molar-refractivity contribution < 1.29 is 0 Å². The maximum atomic E-state index is 9.27. The third-order valence-corrected chi connectivity index (χ3v) is 10.1. The van der Waals surface area contributed by atoms with E-state index < -0.39 is 0 Å². The van der Waals surface area contributed by atoms with Crippen LogP contribution in [0.1, 0.15) is 61.8 Å². The Morgan fingerprint density at radius 2 is 0.833 bits per heavy atom. The fourth-order valence-electron chi connectivity index (χ4n) is 3.99. The van der Waals surface area contributed by atoms with Crippen LogP contribution in [0, 0.1) is 45.3 Å². The quantitative estimate of drug-likeness (QED) is 0.189. The number of benzene rings is 2. The van der Waals surface area contributed by atoms with E-state index in [0.29, 0.717) is 23.0 Å². The average Bonchev–Trinajstić information content (AvgIpc) is 3.01. The van der Waals surface area contributed by atoms with E-state index in [0.717, 1.165) is 30.7 Å². The van der Waals surface area contributed by atoms with E-state index in [1.54, 1.807) is 47.0 Å². The first kappa shape index (κ1) is 36.8. The number of rotatable bonds is 10. The lowest BCUT2D eigenvalue weighted by Crippen LogP contribution is -1.97. The third kappa shape index (κ3) is 10.5. The van der Waals surface area contributed by atoms with E-state index in [2.05, 4.69) is 39.8 Å². The molecule has 0 aromatic heterocycles. The molecule has 42 heavy (non-hydrogen) atoms. The molecule has 0 aliphatic rings. The number of thioether (sulfide) groups is 4. The SMILES string of the molecule is CSC(=CC(=C(C#N)C#N)c1ccccc1C(C)C)SC.CSC(=CC(=C(C#N)C#N)c1ccccc1C(C)C)SC. The summed E-state index contributed by atoms with van der Waals surface area (Å²) in [5, 5.41) is 37.1. The van der Waals surface area contributed by atoms with Gasteiger partial charge in [0.2, 0.25) is 0 Å². The van der Waals surface area contributed by atoms with E-state index in [4.69, 9.17) is 0 Å². The minimum absolute atomic E-state index is 0.156. The van der Waals surface area contributed by atoms with E-state index >= 15 is 0 Å². The minimum Gasteiger partial charge on any atom is -0.192 e. The van der Waals surface area contributed by atoms with Crippen LogP contribution in [0.5, 0.6) is 0 Å². The largest absolute Gasteiger partial charge is 0.192 e. The molecule has 0 heterocycles. The standard InChI is InChI=1S/2C17H18N2S2/c2*1-12(2)14-7-5-6-8-15(14)16(13(10-18)11-19)9-17(20-3)21-4/h2*5-9,12H,1-4H3. The Bertz CT molecular complexity index is 1360. The van der Waals surface area contributed by atoms with Gasteiger partial charge >= 0.3 is 0 Å². The average molecular weight is 629 g/mol. The zero-order chi connectivity index (χ0) is 31.7. The van der Waals surface area contributed by atoms with Crippen LogP contribution in [0.25, 0.3) is 11.1 Å². The topological polar surface area (TPSA) is 95.2 Å². The normalized spacial score (nSPS) is 9.67. The molecule has 0 saturated carbocycles. The molecule has 0 amide bonds. The maximum Gasteiger partial charge on any atom is 0.137 e. The molecule has 0 saturated heterocycles. The molecule has 0 fully saturated rings. The fraction of sp³-hybridized carbons (Fsp3) is 0.294. The molecule has 216 valence electrons. The van der Waals surface area contributed by atoms with Gasteiger partial charge in [-0.15, -0.1) is 47.0 Å². The van der Waals surface area contributed by atoms with Gasteiger partial charge in [-0.1, -0.05) is 76.2 Å². The van der Waals surface area contributed by atoms with Gasteiger partial charge in [-0.25, -0.2) is 0 Å². The summed E-state index contributed by atoms with van der Waals surface area (Å²) >= 11 is 6.47. The van der Waals surface area contributed by atoms with E-state index in [9.17, 15) is 21.0 Å². The first-order chi connectivity index (χ1) is 20.2. The Hall–Kier alpha value is -3.24. The first-order valence-electron chi connectivity index (χ1n) is 13.0. The molecule has 0 aliphatic carbocycles. The summed E-state index contributed by atoms with van der Waals surface area (Å²) in [5.74, 6) is 0.658. The van der Waals surface area contributed by atoms with Crippen LogP contribution in [0.3, 0.4) is 0 Å². The number of hydrogen-bond donors (Lipinski definition) is 0. The third-order valence-electron chi connectivity index (χ3n) is 6.06. The second-order valence-electron chi connectivity index (χ2n) is 9.25. The second-order valence-corrected chi connectivity index (χ2v) is 13.2. The Labute approximate surface area is 269 Å². The highest BCUT2D eigenvalue weighted by atomic mass is 32.2. The lowest BCUT2D eigenvalue weighted by molar-refractivity contribution is 0.863. The van der Waals surface area contributed by atoms with E-state index in [1.807, 2.05) is 97.9 Å². The molecule has 0 unspecified atom stereocenters. The molecule has 2 aromatic rings. The van der Waals surface area contributed by atoms with Crippen molar-refractivity contribution in [3.63, 3.8) is 0 Å². The van der Waals surface area contributed by atoms with Crippen LogP contribution in [-0.4, -0.2) is 25.0 Å². The van der Waals surface area contributed by atoms with Crippen molar-refractivity contribution in [3.8, 4) is 24.3 Å². The van der Waals surface area contributed by atoms with Crippen molar-refractivity contribution in [2.24, 2.45) is 0 Å². The molecule has 0 bridgehead atoms. The molecule has 0 spiro atoms. The summed E-state index contributed by atoms with van der Waals surface area (Å²) in [6, 6.07) is 24.0. The highest BCUT2D eigenvalue weighted by molar-refractivity contribution is 8.22. The zero-order valence-electron chi connectivity index (χ0n) is 25.4. The molecule has 4 nitrogen and oxygen atoms in total. The van der Waals surface area contributed by atoms with Crippen molar-refractivity contribution in [1.29, 1.82) is 21.0 Å². The van der Waals surface area contributed by atoms with Crippen molar-refractivity contribution in [1.82, 2.24) is 0 Å². The molecule has 0 aliphatic heterocycles. The molecular weight excluding hydrogens is 593 g/mol. The Balaban J connectivity index is 0.000000420. The summed E-state index contributed by atoms with van der Waals surface area (Å²) in [4.78, 5) is 0. The van der Waals surface area contributed by atoms with Crippen LogP contribution >= 0.6 is 47.0 Å². The summed E-state index contributed by atoms with van der Waals surface area (Å²) in [7, 11) is 0. The summed E-state index contributed by atoms with van der Waals surface area (Å²) in [5.41, 5.74) is 5.96. The number of nitrogens with zero attached hydrogens (tertiary/aromatic N) is 4. The van der Waals surface area contributed by atoms with E-state index in [1.165, 1.54) is 0 Å². The minimum atomic E-state index is 0.156. The lowest BCUT2D eigenvalue weighted by Gasteiger charge is -2.14. The number of allylic oxidation sites excluding steroid dienone is 6. The molecule has 0 N–H and O–H groups in total. The molecule has 0 radical (unpaired) electrons. The summed E-state index contributed by atoms with van der Waals surface area (Å²) < 4.78 is 2.15. The summed E-state index contributed by atoms with van der Waals surface area (Å²) in [6.45, 7) is 8.45. The van der Waals surface area contributed by atoms with Gasteiger partial charge in [-0.05, 0) is 71.3 Å². The van der Waals surface area contributed by atoms with Crippen LogP contribution < -0.4 is 0 Å². The predicted molar refractivity (Wildman–Crippen MR) is 188 cm³/mol. The Morgan fingerprint density at radius 1 is 0.548 bits per heavy atom. The van der Waals surface area contributed by atoms with Crippen molar-refractivity contribution in [3.05, 3.63) is 103 Å². The Kier molecular flexibility index (Phi) is 17.3. The highest BCUT2D eigenvalue weighted by Gasteiger charge is 2.15. The van der Waals surface area contributed by atoms with Gasteiger partial charge in [0.15, 0.2) is 0 Å². The second kappa shape index (κ2) is 19.8. The molecule has 2 aromatic carbocycles. The highest BCUT2D eigenvalue weighted by Crippen LogP contribution is 2.35. The lowest BCUT2D eigenvalue weighted by atomic mass is 9.90. The smallest absolute Gasteiger partial charge is 0.137 e. The van der Waals surface area contributed by atoms with Crippen molar-refractivity contribution in [2.75, 3.05) is 25.0 Å². The maximum absolute atomic E-state index is 9.27. The van der Waals surface area contributed by atoms with Gasteiger partial charge in [0.1, 0.15) is 35.4 Å². The van der Waals surface area contributed by atoms with Crippen LogP contribution in [-0.2, 0) is 0 Å². The van der Waals surface area contributed by atoms with Gasteiger partial charge < -0.3 is 0 Å². The van der Waals surface area contributed by atoms with Crippen LogP contribution in [0.2, 0.25) is 0 Å². The van der Waals surface area contributed by atoms with Crippen LogP contribution in [0.15, 0.2) is 80.3 Å². The molecular formula is C34H36N4S4. The van der Waals surface area contributed by atoms with Gasteiger partial charge in [-0.3, -0.25) is 0 Å². The van der Waals surface area contributed by atoms with Gasteiger partial charge in [0.25, 0.3) is 0 Å². The van der Waals surface area contributed by atoms with E-state index in [-0.39, 0.29) is 11.1 Å². The fourth-order valence-corrected chi connectivity index (χ4v) is 6.27. The predicted octanol–water partition coefficient (Wildman–Crippen LogP) is 10.4. The van der Waals surface area contributed by atoms with Gasteiger partial charge in [0, 0.05) is 19.6 Å². The summed E-state index contributed by atoms with van der Waals surface area (Å²) in [6.07, 6.45) is 11.9. The molecule has 0 atom stereocenters.